The first-order valence-electron chi connectivity index (χ1n) is 10.2. The topological polar surface area (TPSA) is 77.0 Å². The smallest absolute Gasteiger partial charge is 0.229 e. The third-order valence-electron chi connectivity index (χ3n) is 5.23. The molecule has 0 saturated carbocycles. The molecule has 7 heteroatoms. The van der Waals surface area contributed by atoms with Crippen molar-refractivity contribution in [1.82, 2.24) is 20.4 Å². The van der Waals surface area contributed by atoms with Crippen LogP contribution in [0.15, 0.2) is 4.99 Å². The predicted octanol–water partition coefficient (Wildman–Crippen LogP) is 1.35. The molecule has 0 radical (unpaired) electrons. The Morgan fingerprint density at radius 1 is 1.08 bits per heavy atom. The van der Waals surface area contributed by atoms with E-state index in [1.54, 1.807) is 0 Å². The molecule has 2 aliphatic rings. The van der Waals surface area contributed by atoms with Gasteiger partial charge in [-0.15, -0.1) is 0 Å². The van der Waals surface area contributed by atoms with E-state index in [1.165, 1.54) is 37.1 Å². The van der Waals surface area contributed by atoms with Crippen molar-refractivity contribution in [1.29, 1.82) is 0 Å². The van der Waals surface area contributed by atoms with Gasteiger partial charge in [-0.1, -0.05) is 13.3 Å². The first-order chi connectivity index (χ1) is 12.7. The van der Waals surface area contributed by atoms with Crippen molar-refractivity contribution in [2.45, 2.75) is 64.8 Å². The Morgan fingerprint density at radius 3 is 2.54 bits per heavy atom. The number of hydrogen-bond acceptors (Lipinski definition) is 4. The molecular formula is C19H35N5O2. The van der Waals surface area contributed by atoms with E-state index < -0.39 is 0 Å². The van der Waals surface area contributed by atoms with Gasteiger partial charge in [0.15, 0.2) is 5.96 Å². The molecule has 1 unspecified atom stereocenters. The van der Waals surface area contributed by atoms with Gasteiger partial charge in [-0.25, -0.2) is 0 Å². The highest BCUT2D eigenvalue weighted by Gasteiger charge is 2.25. The van der Waals surface area contributed by atoms with Crippen LogP contribution in [0.1, 0.15) is 58.8 Å². The number of guanidine groups is 1. The lowest BCUT2D eigenvalue weighted by atomic mass is 10.0. The molecule has 2 amide bonds. The minimum atomic E-state index is -0.0549. The zero-order valence-corrected chi connectivity index (χ0v) is 16.4. The molecule has 2 aliphatic heterocycles. The van der Waals surface area contributed by atoms with E-state index in [1.807, 2.05) is 6.92 Å². The fourth-order valence-electron chi connectivity index (χ4n) is 3.78. The summed E-state index contributed by atoms with van der Waals surface area (Å²) in [5, 5.41) is 6.48. The van der Waals surface area contributed by atoms with Crippen LogP contribution in [-0.2, 0) is 9.59 Å². The summed E-state index contributed by atoms with van der Waals surface area (Å²) in [5.41, 5.74) is 0. The Hall–Kier alpha value is -1.63. The fourth-order valence-corrected chi connectivity index (χ4v) is 3.78. The molecule has 0 bridgehead atoms. The lowest BCUT2D eigenvalue weighted by molar-refractivity contribution is -0.147. The average molecular weight is 366 g/mol. The highest BCUT2D eigenvalue weighted by molar-refractivity contribution is 5.97. The van der Waals surface area contributed by atoms with Gasteiger partial charge in [-0.05, 0) is 39.2 Å². The fraction of sp³-hybridized carbons (Fsp3) is 0.842. The van der Waals surface area contributed by atoms with Gasteiger partial charge < -0.3 is 10.6 Å². The number of aliphatic imine (C=N–C) groups is 1. The first-order valence-corrected chi connectivity index (χ1v) is 10.2. The van der Waals surface area contributed by atoms with E-state index >= 15 is 0 Å². The SMILES string of the molecule is CCNC(=NCCN1CCCCC1CC)NCCN1C(=O)CCCC1=O. The summed E-state index contributed by atoms with van der Waals surface area (Å²) in [6.45, 7) is 8.95. The normalized spacial score (nSPS) is 22.6. The maximum absolute atomic E-state index is 11.8. The molecule has 1 atom stereocenters. The Bertz CT molecular complexity index is 478. The van der Waals surface area contributed by atoms with Crippen LogP contribution in [0, 0.1) is 0 Å². The van der Waals surface area contributed by atoms with Crippen LogP contribution in [0.3, 0.4) is 0 Å². The molecule has 26 heavy (non-hydrogen) atoms. The maximum atomic E-state index is 11.8. The third kappa shape index (κ3) is 6.27. The maximum Gasteiger partial charge on any atom is 0.229 e. The quantitative estimate of drug-likeness (QED) is 0.386. The van der Waals surface area contributed by atoms with Crippen LogP contribution in [0.25, 0.3) is 0 Å². The molecule has 2 rings (SSSR count). The molecule has 0 spiro atoms. The van der Waals surface area contributed by atoms with Crippen molar-refractivity contribution in [3.05, 3.63) is 0 Å². The number of carbonyl (C=O) groups is 2. The molecule has 148 valence electrons. The summed E-state index contributed by atoms with van der Waals surface area (Å²) < 4.78 is 0. The van der Waals surface area contributed by atoms with Crippen molar-refractivity contribution in [2.75, 3.05) is 39.3 Å². The van der Waals surface area contributed by atoms with Crippen molar-refractivity contribution >= 4 is 17.8 Å². The van der Waals surface area contributed by atoms with Gasteiger partial charge in [-0.3, -0.25) is 24.4 Å². The van der Waals surface area contributed by atoms with Crippen LogP contribution >= 0.6 is 0 Å². The highest BCUT2D eigenvalue weighted by Crippen LogP contribution is 2.18. The molecular weight excluding hydrogens is 330 g/mol. The van der Waals surface area contributed by atoms with Crippen molar-refractivity contribution < 1.29 is 9.59 Å². The van der Waals surface area contributed by atoms with Gasteiger partial charge in [0, 0.05) is 45.1 Å². The van der Waals surface area contributed by atoms with Crippen LogP contribution < -0.4 is 10.6 Å². The summed E-state index contributed by atoms with van der Waals surface area (Å²) in [6, 6.07) is 0.700. The van der Waals surface area contributed by atoms with Crippen LogP contribution in [0.5, 0.6) is 0 Å². The summed E-state index contributed by atoms with van der Waals surface area (Å²) in [4.78, 5) is 32.3. The first kappa shape index (κ1) is 20.7. The number of imide groups is 1. The molecule has 2 fully saturated rings. The summed E-state index contributed by atoms with van der Waals surface area (Å²) in [5.74, 6) is 0.649. The number of carbonyl (C=O) groups excluding carboxylic acids is 2. The molecule has 7 nitrogen and oxygen atoms in total. The zero-order valence-electron chi connectivity index (χ0n) is 16.4. The second kappa shape index (κ2) is 11.2. The summed E-state index contributed by atoms with van der Waals surface area (Å²) in [7, 11) is 0. The van der Waals surface area contributed by atoms with Gasteiger partial charge in [0.05, 0.1) is 6.54 Å². The number of nitrogens with one attached hydrogen (secondary N) is 2. The lowest BCUT2D eigenvalue weighted by Crippen LogP contribution is -2.46. The van der Waals surface area contributed by atoms with Crippen molar-refractivity contribution in [2.24, 2.45) is 4.99 Å². The monoisotopic (exact) mass is 365 g/mol. The van der Waals surface area contributed by atoms with Crippen LogP contribution in [0.2, 0.25) is 0 Å². The number of hydrogen-bond donors (Lipinski definition) is 2. The second-order valence-electron chi connectivity index (χ2n) is 7.07. The van der Waals surface area contributed by atoms with Crippen molar-refractivity contribution in [3.8, 4) is 0 Å². The lowest BCUT2D eigenvalue weighted by Gasteiger charge is -2.34. The standard InChI is InChI=1S/C19H35N5O2/c1-3-16-8-5-6-13-23(16)14-11-21-19(20-4-2)22-12-15-24-17(25)9-7-10-18(24)26/h16H,3-15H2,1-2H3,(H2,20,21,22). The Morgan fingerprint density at radius 2 is 1.85 bits per heavy atom. The van der Waals surface area contributed by atoms with Crippen molar-refractivity contribution in [3.63, 3.8) is 0 Å². The molecule has 2 heterocycles. The Labute approximate surface area is 157 Å². The van der Waals surface area contributed by atoms with Crippen LogP contribution in [0.4, 0.5) is 0 Å². The second-order valence-corrected chi connectivity index (χ2v) is 7.07. The van der Waals surface area contributed by atoms with E-state index in [4.69, 9.17) is 0 Å². The minimum Gasteiger partial charge on any atom is -0.357 e. The van der Waals surface area contributed by atoms with Crippen LogP contribution in [-0.4, -0.2) is 72.9 Å². The number of rotatable bonds is 8. The largest absolute Gasteiger partial charge is 0.357 e. The van der Waals surface area contributed by atoms with E-state index in [9.17, 15) is 9.59 Å². The molecule has 0 aromatic carbocycles. The Kier molecular flexibility index (Phi) is 8.88. The van der Waals surface area contributed by atoms with Gasteiger partial charge in [-0.2, -0.15) is 0 Å². The highest BCUT2D eigenvalue weighted by atomic mass is 16.2. The molecule has 0 aliphatic carbocycles. The van der Waals surface area contributed by atoms with E-state index in [0.29, 0.717) is 38.4 Å². The number of piperidine rings is 2. The number of likely N-dealkylation sites (tertiary alicyclic amines) is 2. The van der Waals surface area contributed by atoms with Gasteiger partial charge in [0.25, 0.3) is 0 Å². The molecule has 2 saturated heterocycles. The Balaban J connectivity index is 1.76. The van der Waals surface area contributed by atoms with Gasteiger partial charge in [0.1, 0.15) is 0 Å². The molecule has 0 aromatic heterocycles. The number of nitrogens with zero attached hydrogens (tertiary/aromatic N) is 3. The van der Waals surface area contributed by atoms with Gasteiger partial charge >= 0.3 is 0 Å². The van der Waals surface area contributed by atoms with E-state index in [-0.39, 0.29) is 11.8 Å². The number of amides is 2. The van der Waals surface area contributed by atoms with E-state index in [0.717, 1.165) is 25.6 Å². The van der Waals surface area contributed by atoms with Gasteiger partial charge in [0.2, 0.25) is 11.8 Å². The molecule has 2 N–H and O–H groups in total. The average Bonchev–Trinajstić information content (AvgIpc) is 2.64. The summed E-state index contributed by atoms with van der Waals surface area (Å²) in [6.07, 6.45) is 6.78. The zero-order chi connectivity index (χ0) is 18.8. The molecule has 0 aromatic rings. The third-order valence-corrected chi connectivity index (χ3v) is 5.23. The predicted molar refractivity (Wildman–Crippen MR) is 104 cm³/mol. The minimum absolute atomic E-state index is 0.0549. The van der Waals surface area contributed by atoms with E-state index in [2.05, 4.69) is 27.4 Å². The summed E-state index contributed by atoms with van der Waals surface area (Å²) >= 11 is 0.